The molecule has 2 atom stereocenters. The van der Waals surface area contributed by atoms with Crippen LogP contribution in [0.25, 0.3) is 0 Å². The third-order valence-corrected chi connectivity index (χ3v) is 17.1. The second kappa shape index (κ2) is 43.0. The Kier molecular flexibility index (Phi) is 37.6. The molecule has 0 radical (unpaired) electrons. The molecule has 0 bridgehead atoms. The molecule has 0 unspecified atom stereocenters. The summed E-state index contributed by atoms with van der Waals surface area (Å²) in [4.78, 5) is 8.40. The Morgan fingerprint density at radius 1 is 0.490 bits per heavy atom. The SMILES string of the molecule is CC(C)Cc1cc([C@](N)(Cc2ccccc2)c2cc(F)cc(C(F)(F)F)c2)ccc1F.CC(C)c1cccc(C(C)C)c1N1C=CN(c2c(C(C)C)cccc2C(C)C)[CH-]1.Clc1cccnc1.N[C@@](Cc1ccccc1)(c1cc(F)cc(C(F)(F)F)c1)c1ccc(F)c(Br)c1.[CH2-]C(C)C.[Cl][Pd][Cl].[Zn+][Br]. The molecular weight excluding hydrogens is 1680 g/mol. The molecule has 0 fully saturated rings. The molecule has 2 heterocycles. The van der Waals surface area contributed by atoms with Crippen molar-refractivity contribution >= 4 is 71.6 Å². The minimum absolute atomic E-state index is 0.0224. The molecule has 10 rings (SSSR count). The van der Waals surface area contributed by atoms with Crippen molar-refractivity contribution in [3.63, 3.8) is 0 Å². The Morgan fingerprint density at radius 2 is 0.846 bits per heavy atom. The van der Waals surface area contributed by atoms with E-state index in [1.807, 2.05) is 19.9 Å². The van der Waals surface area contributed by atoms with Crippen molar-refractivity contribution in [2.45, 2.75) is 149 Å². The van der Waals surface area contributed by atoms with Gasteiger partial charge in [0.1, 0.15) is 23.3 Å². The van der Waals surface area contributed by atoms with Gasteiger partial charge in [0, 0.05) is 23.8 Å². The van der Waals surface area contributed by atoms with Gasteiger partial charge in [-0.2, -0.15) is 32.3 Å². The number of hydrogen-bond donors (Lipinski definition) is 2. The Morgan fingerprint density at radius 3 is 1.15 bits per heavy atom. The Balaban J connectivity index is 0.000000298. The summed E-state index contributed by atoms with van der Waals surface area (Å²) < 4.78 is 136. The number of nitrogens with zero attached hydrogens (tertiary/aromatic N) is 3. The van der Waals surface area contributed by atoms with Crippen LogP contribution in [-0.4, -0.2) is 4.98 Å². The maximum atomic E-state index is 14.4. The molecule has 9 aromatic rings. The summed E-state index contributed by atoms with van der Waals surface area (Å²) in [5.74, 6) is -0.358. The summed E-state index contributed by atoms with van der Waals surface area (Å²) >= 11 is 12.7. The first-order valence-electron chi connectivity index (χ1n) is 33.3. The van der Waals surface area contributed by atoms with Gasteiger partial charge < -0.3 is 28.2 Å². The third-order valence-electron chi connectivity index (χ3n) is 16.2. The van der Waals surface area contributed by atoms with Crippen molar-refractivity contribution in [2.24, 2.45) is 23.3 Å². The van der Waals surface area contributed by atoms with Crippen LogP contribution in [0.2, 0.25) is 5.02 Å². The summed E-state index contributed by atoms with van der Waals surface area (Å²) in [6, 6.07) is 47.8. The second-order valence-electron chi connectivity index (χ2n) is 26.8. The molecule has 560 valence electrons. The van der Waals surface area contributed by atoms with E-state index in [0.717, 1.165) is 41.5 Å². The number of para-hydroxylation sites is 2. The second-order valence-corrected chi connectivity index (χ2v) is 30.4. The van der Waals surface area contributed by atoms with Gasteiger partial charge in [0.25, 0.3) is 0 Å². The number of alkyl halides is 6. The number of anilines is 2. The summed E-state index contributed by atoms with van der Waals surface area (Å²) in [6.07, 6.45) is -1.09. The molecule has 0 aliphatic carbocycles. The van der Waals surface area contributed by atoms with Crippen LogP contribution in [0.1, 0.15) is 179 Å². The molecule has 0 amide bonds. The molecule has 0 saturated carbocycles. The number of hydrogen-bond acceptors (Lipinski definition) is 5. The first kappa shape index (κ1) is 91.0. The van der Waals surface area contributed by atoms with Crippen LogP contribution in [0.3, 0.4) is 0 Å². The van der Waals surface area contributed by atoms with Crippen molar-refractivity contribution in [3.05, 3.63) is 325 Å². The fourth-order valence-electron chi connectivity index (χ4n) is 11.4. The average molecular weight is 1770 g/mol. The van der Waals surface area contributed by atoms with E-state index in [0.29, 0.717) is 69.9 Å². The van der Waals surface area contributed by atoms with E-state index in [4.69, 9.17) is 42.1 Å². The van der Waals surface area contributed by atoms with Crippen LogP contribution in [0.4, 0.5) is 55.3 Å². The molecule has 4 N–H and O–H groups in total. The Bertz CT molecular complexity index is 3990. The fourth-order valence-corrected chi connectivity index (χ4v) is 11.9. The van der Waals surface area contributed by atoms with E-state index in [1.54, 1.807) is 85.2 Å². The number of benzene rings is 8. The molecular formula is C82H89Br2Cl3F10N5PdZn-. The molecule has 1 aliphatic rings. The maximum absolute atomic E-state index is 14.4. The normalized spacial score (nSPS) is 13.1. The minimum atomic E-state index is -4.73. The zero-order valence-corrected chi connectivity index (χ0v) is 70.2. The Labute approximate surface area is 655 Å². The zero-order valence-electron chi connectivity index (χ0n) is 60.2. The van der Waals surface area contributed by atoms with Crippen molar-refractivity contribution in [2.75, 3.05) is 9.80 Å². The number of halogens is 15. The number of nitrogens with two attached hydrogens (primary N) is 2. The van der Waals surface area contributed by atoms with Crippen LogP contribution < -0.4 is 21.3 Å². The molecule has 0 spiro atoms. The first-order chi connectivity index (χ1) is 48.8. The molecule has 8 aromatic carbocycles. The van der Waals surface area contributed by atoms with Gasteiger partial charge in [0.05, 0.1) is 31.7 Å². The van der Waals surface area contributed by atoms with Crippen molar-refractivity contribution in [3.8, 4) is 0 Å². The van der Waals surface area contributed by atoms with Gasteiger partial charge in [-0.05, 0) is 205 Å². The van der Waals surface area contributed by atoms with E-state index in [9.17, 15) is 43.9 Å². The van der Waals surface area contributed by atoms with Crippen molar-refractivity contribution in [1.82, 2.24) is 4.98 Å². The summed E-state index contributed by atoms with van der Waals surface area (Å²) in [7, 11) is 9.63. The van der Waals surface area contributed by atoms with Gasteiger partial charge in [-0.15, -0.1) is 6.67 Å². The summed E-state index contributed by atoms with van der Waals surface area (Å²) in [5, 5.41) is 0.683. The molecule has 1 aromatic heterocycles. The van der Waals surface area contributed by atoms with Crippen LogP contribution >= 0.6 is 60.2 Å². The standard InChI is InChI=1S/C27H37N2.C25H24F5N.C21H15BrF5N.C5H4ClN.C4H9.BrH.2ClH.Pd.Zn/c1-18(2)22-11-9-12-23(19(3)4)26(22)28-15-16-29(17-28)27-24(20(5)6)13-10-14-25(27)21(7)8;1-16(2)10-18-11-19(8-9-23(18)27)24(31,15-17-6-4-3-5-7-17)20-12-21(25(28,29)30)14-22(26)13-20;22-18-11-14(6-7-19(18)24)20(28,12-13-4-2-1-3-5-13)15-8-16(21(25,26)27)10-17(23)9-15;6-5-2-1-3-7-4-5;1-4(2)3;;;;;/h9-21H,1-8H3;3-9,11-14,16H,10,15,31H2,1-2H3;1-11H,12,28H2;1-4H;4H,1H2,2-3H3;3*1H;;/q-1;;;;-1;;;;2*+2/p-3/t;24-;20-;;;;;;;/m.11......./s1. The van der Waals surface area contributed by atoms with Gasteiger partial charge in [-0.3, -0.25) is 4.98 Å². The molecule has 1 aliphatic heterocycles. The van der Waals surface area contributed by atoms with Crippen LogP contribution in [0.15, 0.2) is 211 Å². The van der Waals surface area contributed by atoms with Crippen molar-refractivity contribution in [1.29, 1.82) is 0 Å². The topological polar surface area (TPSA) is 71.4 Å². The van der Waals surface area contributed by atoms with Crippen molar-refractivity contribution < 1.29 is 76.2 Å². The number of rotatable bonds is 16. The fraction of sp³-hybridized carbons (Fsp3) is 0.305. The van der Waals surface area contributed by atoms with Gasteiger partial charge in [-0.1, -0.05) is 210 Å². The quantitative estimate of drug-likeness (QED) is 0.0573. The van der Waals surface area contributed by atoms with Gasteiger partial charge in [-0.25, -0.2) is 17.6 Å². The molecule has 5 nitrogen and oxygen atoms in total. The number of aromatic nitrogens is 1. The van der Waals surface area contributed by atoms with E-state index in [-0.39, 0.29) is 50.3 Å². The molecule has 22 heteroatoms. The van der Waals surface area contributed by atoms with E-state index in [2.05, 4.69) is 176 Å². The van der Waals surface area contributed by atoms with E-state index in [1.165, 1.54) is 74.2 Å². The summed E-state index contributed by atoms with van der Waals surface area (Å²) in [5.41, 5.74) is 19.0. The average Bonchev–Trinajstić information content (AvgIpc) is 0.904. The van der Waals surface area contributed by atoms with Crippen LogP contribution in [0.5, 0.6) is 0 Å². The molecule has 104 heavy (non-hydrogen) atoms. The zero-order chi connectivity index (χ0) is 78.0. The predicted molar refractivity (Wildman–Crippen MR) is 410 cm³/mol. The third kappa shape index (κ3) is 27.4. The van der Waals surface area contributed by atoms with E-state index < -0.39 is 57.8 Å². The van der Waals surface area contributed by atoms with Gasteiger partial charge in [0.15, 0.2) is 0 Å². The number of pyridine rings is 1. The monoisotopic (exact) mass is 1770 g/mol. The van der Waals surface area contributed by atoms with E-state index >= 15 is 0 Å². The summed E-state index contributed by atoms with van der Waals surface area (Å²) in [6.45, 7) is 32.2. The first-order valence-corrected chi connectivity index (χ1v) is 45.5. The van der Waals surface area contributed by atoms with Gasteiger partial charge >= 0.3 is 77.3 Å². The predicted octanol–water partition coefficient (Wildman–Crippen LogP) is 26.3. The van der Waals surface area contributed by atoms with Crippen LogP contribution in [0, 0.1) is 48.7 Å². The van der Waals surface area contributed by atoms with Gasteiger partial charge in [0.2, 0.25) is 0 Å². The Hall–Kier alpha value is -5.41. The molecule has 0 saturated heterocycles. The van der Waals surface area contributed by atoms with Crippen LogP contribution in [-0.2, 0) is 75.0 Å².